The zero-order valence-electron chi connectivity index (χ0n) is 10.7. The maximum Gasteiger partial charge on any atom is 0.313 e. The van der Waals surface area contributed by atoms with Gasteiger partial charge in [-0.15, -0.1) is 11.3 Å². The van der Waals surface area contributed by atoms with Gasteiger partial charge in [-0.1, -0.05) is 25.6 Å². The topological polar surface area (TPSA) is 68.0 Å². The summed E-state index contributed by atoms with van der Waals surface area (Å²) in [6, 6.07) is 0. The van der Waals surface area contributed by atoms with E-state index in [1.165, 1.54) is 11.8 Å². The van der Waals surface area contributed by atoms with Crippen LogP contribution in [0.5, 0.6) is 0 Å². The van der Waals surface area contributed by atoms with E-state index >= 15 is 0 Å². The van der Waals surface area contributed by atoms with Crippen molar-refractivity contribution in [3.05, 3.63) is 28.5 Å². The molecule has 0 amide bonds. The minimum absolute atomic E-state index is 0.0250. The number of hydrogen-bond donors (Lipinski definition) is 1. The van der Waals surface area contributed by atoms with E-state index in [1.54, 1.807) is 16.8 Å². The monoisotopic (exact) mass is 297 g/mol. The molecule has 0 unspecified atom stereocenters. The van der Waals surface area contributed by atoms with Crippen molar-refractivity contribution in [2.24, 2.45) is 0 Å². The van der Waals surface area contributed by atoms with Crippen LogP contribution in [0.1, 0.15) is 30.3 Å². The lowest BCUT2D eigenvalue weighted by atomic mass is 10.1. The molecule has 2 heterocycles. The Kier molecular flexibility index (Phi) is 4.60. The Morgan fingerprint density at radius 1 is 1.53 bits per heavy atom. The molecule has 5 nitrogen and oxygen atoms in total. The van der Waals surface area contributed by atoms with Gasteiger partial charge in [-0.25, -0.2) is 4.98 Å². The van der Waals surface area contributed by atoms with Crippen LogP contribution in [0.2, 0.25) is 0 Å². The summed E-state index contributed by atoms with van der Waals surface area (Å²) < 4.78 is 2.08. The number of carboxylic acids is 1. The highest BCUT2D eigenvalue weighted by Gasteiger charge is 2.15. The highest BCUT2D eigenvalue weighted by atomic mass is 32.2. The van der Waals surface area contributed by atoms with E-state index in [4.69, 9.17) is 5.11 Å². The Morgan fingerprint density at radius 2 is 2.32 bits per heavy atom. The van der Waals surface area contributed by atoms with Crippen LogP contribution in [-0.2, 0) is 11.3 Å². The van der Waals surface area contributed by atoms with E-state index in [0.717, 1.165) is 15.7 Å². The fourth-order valence-electron chi connectivity index (χ4n) is 1.71. The molecule has 0 fully saturated rings. The van der Waals surface area contributed by atoms with Crippen molar-refractivity contribution in [3.63, 3.8) is 0 Å². The first-order valence-electron chi connectivity index (χ1n) is 5.85. The van der Waals surface area contributed by atoms with Crippen LogP contribution in [-0.4, -0.2) is 31.4 Å². The summed E-state index contributed by atoms with van der Waals surface area (Å²) in [6.45, 7) is 4.90. The fraction of sp³-hybridized carbons (Fsp3) is 0.417. The number of aromatic nitrogens is 3. The van der Waals surface area contributed by atoms with Crippen LogP contribution in [0.4, 0.5) is 0 Å². The quantitative estimate of drug-likeness (QED) is 0.830. The highest BCUT2D eigenvalue weighted by Crippen LogP contribution is 2.25. The Balaban J connectivity index is 2.25. The maximum absolute atomic E-state index is 10.7. The number of aliphatic carboxylic acids is 1. The Labute approximate surface area is 119 Å². The predicted molar refractivity (Wildman–Crippen MR) is 75.9 cm³/mol. The van der Waals surface area contributed by atoms with Gasteiger partial charge in [-0.2, -0.15) is 0 Å². The summed E-state index contributed by atoms with van der Waals surface area (Å²) in [7, 11) is 0. The van der Waals surface area contributed by atoms with Gasteiger partial charge in [0.1, 0.15) is 0 Å². The van der Waals surface area contributed by atoms with Crippen molar-refractivity contribution < 1.29 is 9.90 Å². The molecule has 1 N–H and O–H groups in total. The molecule has 0 saturated heterocycles. The molecule has 0 aliphatic rings. The predicted octanol–water partition coefficient (Wildman–Crippen LogP) is 2.69. The number of carbonyl (C=O) groups is 1. The molecular weight excluding hydrogens is 282 g/mol. The van der Waals surface area contributed by atoms with E-state index in [9.17, 15) is 4.79 Å². The van der Waals surface area contributed by atoms with Gasteiger partial charge in [0, 0.05) is 23.0 Å². The summed E-state index contributed by atoms with van der Waals surface area (Å²) in [4.78, 5) is 20.2. The second kappa shape index (κ2) is 6.21. The van der Waals surface area contributed by atoms with Crippen LogP contribution in [0.25, 0.3) is 0 Å². The average Bonchev–Trinajstić information content (AvgIpc) is 2.96. The second-order valence-corrected chi connectivity index (χ2v) is 6.27. The van der Waals surface area contributed by atoms with Crippen molar-refractivity contribution in [3.8, 4) is 0 Å². The molecule has 0 aromatic carbocycles. The van der Waals surface area contributed by atoms with Crippen molar-refractivity contribution in [2.75, 3.05) is 5.75 Å². The lowest BCUT2D eigenvalue weighted by Crippen LogP contribution is -2.07. The van der Waals surface area contributed by atoms with E-state index < -0.39 is 5.97 Å². The van der Waals surface area contributed by atoms with E-state index in [0.29, 0.717) is 12.5 Å². The summed E-state index contributed by atoms with van der Waals surface area (Å²) in [6.07, 6.45) is 3.66. The molecule has 0 bridgehead atoms. The van der Waals surface area contributed by atoms with Gasteiger partial charge in [0.2, 0.25) is 0 Å². The number of imidazole rings is 1. The smallest absolute Gasteiger partial charge is 0.313 e. The van der Waals surface area contributed by atoms with Crippen LogP contribution in [0, 0.1) is 0 Å². The normalized spacial score (nSPS) is 11.1. The van der Waals surface area contributed by atoms with Gasteiger partial charge in [0.15, 0.2) is 5.16 Å². The maximum atomic E-state index is 10.7. The molecule has 7 heteroatoms. The second-order valence-electron chi connectivity index (χ2n) is 4.36. The molecule has 2 aromatic rings. The number of thioether (sulfide) groups is 1. The third kappa shape index (κ3) is 3.57. The Hall–Kier alpha value is -1.34. The number of hydrogen-bond acceptors (Lipinski definition) is 5. The molecule has 0 atom stereocenters. The van der Waals surface area contributed by atoms with Gasteiger partial charge in [-0.3, -0.25) is 9.78 Å². The minimum atomic E-state index is -0.830. The molecule has 0 radical (unpaired) electrons. The third-order valence-electron chi connectivity index (χ3n) is 2.56. The first kappa shape index (κ1) is 14.1. The van der Waals surface area contributed by atoms with Crippen LogP contribution in [0.15, 0.2) is 23.1 Å². The zero-order valence-corrected chi connectivity index (χ0v) is 12.4. The molecule has 2 rings (SSSR count). The largest absolute Gasteiger partial charge is 0.481 e. The van der Waals surface area contributed by atoms with Crippen molar-refractivity contribution in [1.82, 2.24) is 14.5 Å². The van der Waals surface area contributed by atoms with Gasteiger partial charge in [0.05, 0.1) is 17.8 Å². The average molecular weight is 297 g/mol. The van der Waals surface area contributed by atoms with Crippen LogP contribution in [0.3, 0.4) is 0 Å². The van der Waals surface area contributed by atoms with Crippen LogP contribution >= 0.6 is 23.1 Å². The SMILES string of the molecule is CC(C)c1cnc(SCC(=O)O)n1Cc1cncs1. The minimum Gasteiger partial charge on any atom is -0.481 e. The Bertz CT molecular complexity index is 549. The first-order valence-corrected chi connectivity index (χ1v) is 7.72. The van der Waals surface area contributed by atoms with Gasteiger partial charge in [0.25, 0.3) is 0 Å². The highest BCUT2D eigenvalue weighted by molar-refractivity contribution is 7.99. The van der Waals surface area contributed by atoms with E-state index in [1.807, 2.05) is 12.4 Å². The Morgan fingerprint density at radius 3 is 2.89 bits per heavy atom. The van der Waals surface area contributed by atoms with Crippen molar-refractivity contribution in [1.29, 1.82) is 0 Å². The third-order valence-corrected chi connectivity index (χ3v) is 4.30. The standard InChI is InChI=1S/C12H15N3O2S2/c1-8(2)10-4-14-12(18-6-11(16)17)15(10)5-9-3-13-7-19-9/h3-4,7-8H,5-6H2,1-2H3,(H,16,17). The fourth-order valence-corrected chi connectivity index (χ4v) is 3.00. The summed E-state index contributed by atoms with van der Waals surface area (Å²) >= 11 is 2.84. The lowest BCUT2D eigenvalue weighted by Gasteiger charge is -2.12. The molecule has 0 spiro atoms. The lowest BCUT2D eigenvalue weighted by molar-refractivity contribution is -0.133. The molecule has 2 aromatic heterocycles. The molecule has 0 aliphatic heterocycles. The number of rotatable bonds is 6. The zero-order chi connectivity index (χ0) is 13.8. The summed E-state index contributed by atoms with van der Waals surface area (Å²) in [5.41, 5.74) is 2.91. The van der Waals surface area contributed by atoms with Gasteiger partial charge < -0.3 is 9.67 Å². The van der Waals surface area contributed by atoms with E-state index in [2.05, 4.69) is 28.4 Å². The number of carboxylic acid groups (broad SMARTS) is 1. The van der Waals surface area contributed by atoms with E-state index in [-0.39, 0.29) is 5.75 Å². The summed E-state index contributed by atoms with van der Waals surface area (Å²) in [5, 5.41) is 9.52. The molecular formula is C12H15N3O2S2. The first-order chi connectivity index (χ1) is 9.08. The van der Waals surface area contributed by atoms with Crippen molar-refractivity contribution in [2.45, 2.75) is 31.5 Å². The number of thiazole rings is 1. The molecule has 19 heavy (non-hydrogen) atoms. The number of nitrogens with zero attached hydrogens (tertiary/aromatic N) is 3. The van der Waals surface area contributed by atoms with Crippen LogP contribution < -0.4 is 0 Å². The molecule has 0 saturated carbocycles. The van der Waals surface area contributed by atoms with Gasteiger partial charge >= 0.3 is 5.97 Å². The molecule has 102 valence electrons. The van der Waals surface area contributed by atoms with Gasteiger partial charge in [-0.05, 0) is 5.92 Å². The van der Waals surface area contributed by atoms with Crippen molar-refractivity contribution >= 4 is 29.1 Å². The summed E-state index contributed by atoms with van der Waals surface area (Å²) in [5.74, 6) is -0.458. The molecule has 0 aliphatic carbocycles.